The molecule has 0 spiro atoms. The van der Waals surface area contributed by atoms with E-state index in [4.69, 9.17) is 0 Å². The first kappa shape index (κ1) is 25.1. The second-order valence-corrected chi connectivity index (χ2v) is 10.2. The van der Waals surface area contributed by atoms with Crippen molar-refractivity contribution in [2.24, 2.45) is 4.99 Å². The highest BCUT2D eigenvalue weighted by molar-refractivity contribution is 5.99. The number of benzene rings is 1. The molecular weight excluding hydrogens is 494 g/mol. The minimum absolute atomic E-state index is 0.0512. The molecule has 0 unspecified atom stereocenters. The van der Waals surface area contributed by atoms with Crippen molar-refractivity contribution in [3.63, 3.8) is 0 Å². The molecule has 2 saturated heterocycles. The van der Waals surface area contributed by atoms with Crippen LogP contribution in [0.2, 0.25) is 0 Å². The molecule has 6 rings (SSSR count). The van der Waals surface area contributed by atoms with Crippen LogP contribution in [0.4, 0.5) is 16.4 Å². The molecule has 3 aromatic rings. The second-order valence-electron chi connectivity index (χ2n) is 10.2. The SMILES string of the molecule is CN1CCN(C(=O)N2CCN(C(=O)c3cc4cc(Nc5nccc(C6=CCCC=N6)n5)ccc4[nH]3)CC2)CC1. The van der Waals surface area contributed by atoms with Gasteiger partial charge in [0.25, 0.3) is 5.91 Å². The summed E-state index contributed by atoms with van der Waals surface area (Å²) >= 11 is 0. The summed E-state index contributed by atoms with van der Waals surface area (Å²) < 4.78 is 0. The van der Waals surface area contributed by atoms with Crippen molar-refractivity contribution < 1.29 is 9.59 Å². The van der Waals surface area contributed by atoms with Crippen LogP contribution in [0.15, 0.2) is 47.6 Å². The van der Waals surface area contributed by atoms with E-state index < -0.39 is 0 Å². The number of aromatic amines is 1. The van der Waals surface area contributed by atoms with Crippen LogP contribution in [-0.4, -0.2) is 112 Å². The minimum atomic E-state index is -0.0512. The fourth-order valence-corrected chi connectivity index (χ4v) is 5.17. The predicted octanol–water partition coefficient (Wildman–Crippen LogP) is 3.03. The summed E-state index contributed by atoms with van der Waals surface area (Å²) in [4.78, 5) is 50.7. The van der Waals surface area contributed by atoms with Gasteiger partial charge in [-0.05, 0) is 50.2 Å². The standard InChI is InChI=1S/C28H33N9O2/c1-34-10-12-36(13-11-34)28(39)37-16-14-35(15-17-37)26(38)25-19-20-18-21(5-6-22(20)32-25)31-27-30-9-7-24(33-27)23-4-2-3-8-29-23/h4-9,18-19,32H,2-3,10-17H2,1H3,(H,30,31,33). The molecular formula is C28H33N9O2. The number of aromatic nitrogens is 3. The van der Waals surface area contributed by atoms with Crippen molar-refractivity contribution >= 4 is 46.4 Å². The lowest BCUT2D eigenvalue weighted by Gasteiger charge is -2.39. The number of carbonyl (C=O) groups is 2. The third-order valence-electron chi connectivity index (χ3n) is 7.50. The average molecular weight is 528 g/mol. The quantitative estimate of drug-likeness (QED) is 0.539. The zero-order valence-electron chi connectivity index (χ0n) is 22.1. The van der Waals surface area contributed by atoms with E-state index >= 15 is 0 Å². The lowest BCUT2D eigenvalue weighted by atomic mass is 10.2. The molecule has 2 N–H and O–H groups in total. The van der Waals surface area contributed by atoms with Crippen molar-refractivity contribution in [1.29, 1.82) is 0 Å². The minimum Gasteiger partial charge on any atom is -0.351 e. The maximum Gasteiger partial charge on any atom is 0.320 e. The number of aliphatic imine (C=N–C) groups is 1. The molecule has 0 radical (unpaired) electrons. The molecule has 202 valence electrons. The molecule has 0 aliphatic carbocycles. The molecule has 3 amide bonds. The molecule has 3 aliphatic rings. The third kappa shape index (κ3) is 5.49. The van der Waals surface area contributed by atoms with Gasteiger partial charge < -0.3 is 29.9 Å². The third-order valence-corrected chi connectivity index (χ3v) is 7.50. The van der Waals surface area contributed by atoms with Gasteiger partial charge >= 0.3 is 6.03 Å². The van der Waals surface area contributed by atoms with Gasteiger partial charge in [0.15, 0.2) is 0 Å². The van der Waals surface area contributed by atoms with Gasteiger partial charge in [-0.3, -0.25) is 9.79 Å². The smallest absolute Gasteiger partial charge is 0.320 e. The number of amides is 3. The summed E-state index contributed by atoms with van der Waals surface area (Å²) in [7, 11) is 2.08. The van der Waals surface area contributed by atoms with Crippen LogP contribution in [0.3, 0.4) is 0 Å². The maximum absolute atomic E-state index is 13.3. The molecule has 39 heavy (non-hydrogen) atoms. The van der Waals surface area contributed by atoms with Gasteiger partial charge in [0.05, 0.1) is 11.4 Å². The Morgan fingerprint density at radius 2 is 1.64 bits per heavy atom. The van der Waals surface area contributed by atoms with E-state index in [9.17, 15) is 9.59 Å². The zero-order valence-corrected chi connectivity index (χ0v) is 22.1. The first-order valence-corrected chi connectivity index (χ1v) is 13.5. The van der Waals surface area contributed by atoms with E-state index in [2.05, 4.69) is 43.3 Å². The van der Waals surface area contributed by atoms with Crippen molar-refractivity contribution in [2.45, 2.75) is 12.8 Å². The Bertz CT molecular complexity index is 1430. The van der Waals surface area contributed by atoms with Crippen molar-refractivity contribution in [1.82, 2.24) is 34.6 Å². The van der Waals surface area contributed by atoms with Gasteiger partial charge in [-0.2, -0.15) is 0 Å². The van der Waals surface area contributed by atoms with Crippen LogP contribution in [0.1, 0.15) is 29.0 Å². The molecule has 2 aromatic heterocycles. The number of anilines is 2. The number of carbonyl (C=O) groups excluding carboxylic acids is 2. The fourth-order valence-electron chi connectivity index (χ4n) is 5.17. The number of allylic oxidation sites excluding steroid dienone is 1. The molecule has 0 atom stereocenters. The first-order valence-electron chi connectivity index (χ1n) is 13.5. The number of rotatable bonds is 4. The fraction of sp³-hybridized carbons (Fsp3) is 0.393. The van der Waals surface area contributed by atoms with Crippen molar-refractivity contribution in [3.05, 3.63) is 54.0 Å². The van der Waals surface area contributed by atoms with Gasteiger partial charge in [0, 0.05) is 81.4 Å². The topological polar surface area (TPSA) is 113 Å². The van der Waals surface area contributed by atoms with Gasteiger partial charge in [0.2, 0.25) is 5.95 Å². The number of likely N-dealkylation sites (N-methyl/N-ethyl adjacent to an activating group) is 1. The van der Waals surface area contributed by atoms with Crippen LogP contribution in [0.25, 0.3) is 16.6 Å². The number of nitrogens with zero attached hydrogens (tertiary/aromatic N) is 7. The molecule has 0 saturated carbocycles. The van der Waals surface area contributed by atoms with E-state index in [0.29, 0.717) is 37.8 Å². The monoisotopic (exact) mass is 527 g/mol. The van der Waals surface area contributed by atoms with Gasteiger partial charge in [-0.15, -0.1) is 0 Å². The highest BCUT2D eigenvalue weighted by Crippen LogP contribution is 2.24. The van der Waals surface area contributed by atoms with E-state index in [1.54, 1.807) is 6.20 Å². The van der Waals surface area contributed by atoms with E-state index in [0.717, 1.165) is 67.0 Å². The number of hydrogen-bond donors (Lipinski definition) is 2. The van der Waals surface area contributed by atoms with Crippen molar-refractivity contribution in [2.75, 3.05) is 64.7 Å². The van der Waals surface area contributed by atoms with E-state index in [1.165, 1.54) is 0 Å². The summed E-state index contributed by atoms with van der Waals surface area (Å²) in [5.41, 5.74) is 3.89. The summed E-state index contributed by atoms with van der Waals surface area (Å²) in [5, 5.41) is 4.19. The lowest BCUT2D eigenvalue weighted by molar-refractivity contribution is 0.0615. The van der Waals surface area contributed by atoms with Crippen LogP contribution in [0, 0.1) is 0 Å². The number of H-pyrrole nitrogens is 1. The number of piperazine rings is 2. The highest BCUT2D eigenvalue weighted by atomic mass is 16.2. The highest BCUT2D eigenvalue weighted by Gasteiger charge is 2.29. The average Bonchev–Trinajstić information content (AvgIpc) is 3.41. The normalized spacial score (nSPS) is 18.4. The Morgan fingerprint density at radius 3 is 2.38 bits per heavy atom. The maximum atomic E-state index is 13.3. The van der Waals surface area contributed by atoms with Crippen LogP contribution in [-0.2, 0) is 0 Å². The number of urea groups is 1. The van der Waals surface area contributed by atoms with Crippen molar-refractivity contribution in [3.8, 4) is 0 Å². The van der Waals surface area contributed by atoms with Crippen LogP contribution < -0.4 is 5.32 Å². The number of fused-ring (bicyclic) bond motifs is 1. The summed E-state index contributed by atoms with van der Waals surface area (Å²) in [6.07, 6.45) is 7.63. The molecule has 5 heterocycles. The Balaban J connectivity index is 1.09. The van der Waals surface area contributed by atoms with E-state index in [1.807, 2.05) is 51.2 Å². The molecule has 11 heteroatoms. The molecule has 2 fully saturated rings. The van der Waals surface area contributed by atoms with E-state index in [-0.39, 0.29) is 11.9 Å². The zero-order chi connectivity index (χ0) is 26.8. The van der Waals surface area contributed by atoms with Gasteiger partial charge in [0.1, 0.15) is 5.69 Å². The Labute approximate surface area is 227 Å². The molecule has 3 aliphatic heterocycles. The van der Waals surface area contributed by atoms with Crippen LogP contribution in [0.5, 0.6) is 0 Å². The summed E-state index contributed by atoms with van der Waals surface area (Å²) in [6, 6.07) is 9.67. The Hall–Kier alpha value is -4.25. The molecule has 0 bridgehead atoms. The summed E-state index contributed by atoms with van der Waals surface area (Å²) in [5.74, 6) is 0.439. The molecule has 11 nitrogen and oxygen atoms in total. The predicted molar refractivity (Wildman–Crippen MR) is 151 cm³/mol. The largest absolute Gasteiger partial charge is 0.351 e. The summed E-state index contributed by atoms with van der Waals surface area (Å²) in [6.45, 7) is 5.45. The second kappa shape index (κ2) is 10.9. The first-order chi connectivity index (χ1) is 19.0. The molecule has 1 aromatic carbocycles. The Kier molecular flexibility index (Phi) is 6.97. The van der Waals surface area contributed by atoms with Gasteiger partial charge in [-0.25, -0.2) is 14.8 Å². The number of nitrogens with one attached hydrogen (secondary N) is 2. The lowest BCUT2D eigenvalue weighted by Crippen LogP contribution is -2.57. The van der Waals surface area contributed by atoms with Crippen LogP contribution >= 0.6 is 0 Å². The Morgan fingerprint density at radius 1 is 0.897 bits per heavy atom. The van der Waals surface area contributed by atoms with Gasteiger partial charge in [-0.1, -0.05) is 6.08 Å². The number of hydrogen-bond acceptors (Lipinski definition) is 7.